The third-order valence-corrected chi connectivity index (χ3v) is 11.2. The van der Waals surface area contributed by atoms with Gasteiger partial charge in [0.2, 0.25) is 0 Å². The minimum atomic E-state index is -1.11. The summed E-state index contributed by atoms with van der Waals surface area (Å²) in [5.41, 5.74) is 0.492. The van der Waals surface area contributed by atoms with Crippen molar-refractivity contribution in [3.05, 3.63) is 17.3 Å². The predicted molar refractivity (Wildman–Crippen MR) is 152 cm³/mol. The van der Waals surface area contributed by atoms with Gasteiger partial charge < -0.3 is 4.65 Å². The molecule has 33 heavy (non-hydrogen) atoms. The molecule has 0 spiro atoms. The van der Waals surface area contributed by atoms with Crippen LogP contribution < -0.4 is 0 Å². The number of hydrogen-bond donors (Lipinski definition) is 0. The summed E-state index contributed by atoms with van der Waals surface area (Å²) in [4.78, 5) is 9.44. The van der Waals surface area contributed by atoms with E-state index in [0.29, 0.717) is 5.54 Å². The van der Waals surface area contributed by atoms with E-state index in [1.165, 1.54) is 19.6 Å². The summed E-state index contributed by atoms with van der Waals surface area (Å²) < 4.78 is 5.76. The van der Waals surface area contributed by atoms with Gasteiger partial charge in [-0.3, -0.25) is 9.80 Å². The van der Waals surface area contributed by atoms with Gasteiger partial charge in [-0.15, -0.1) is 0 Å². The van der Waals surface area contributed by atoms with Crippen LogP contribution in [0.25, 0.3) is 4.65 Å². The zero-order chi connectivity index (χ0) is 26.3. The summed E-state index contributed by atoms with van der Waals surface area (Å²) in [5, 5.41) is 0. The molecule has 0 radical (unpaired) electrons. The normalized spacial score (nSPS) is 19.8. The molecule has 0 aromatic carbocycles. The maximum Gasteiger partial charge on any atom is 0.0511 e. The molecule has 0 aromatic rings. The van der Waals surface area contributed by atoms with Gasteiger partial charge in [0.05, 0.1) is 6.67 Å². The summed E-state index contributed by atoms with van der Waals surface area (Å²) in [7, 11) is -2.21. The van der Waals surface area contributed by atoms with Crippen LogP contribution in [0, 0.1) is 0 Å². The second-order valence-corrected chi connectivity index (χ2v) is 23.0. The monoisotopic (exact) mass is 545 g/mol. The maximum absolute atomic E-state index is 5.54. The van der Waals surface area contributed by atoms with Gasteiger partial charge in [0.1, 0.15) is 0 Å². The van der Waals surface area contributed by atoms with Crippen molar-refractivity contribution in [1.82, 2.24) is 19.6 Å². The molecule has 0 aromatic heterocycles. The second kappa shape index (κ2) is 13.6. The molecular formula is C25H56CuN5Si2-. The number of likely N-dealkylation sites (N-methyl/N-ethyl adjacent to an activating group) is 1. The molecule has 201 valence electrons. The fourth-order valence-electron chi connectivity index (χ4n) is 3.92. The molecule has 8 heteroatoms. The largest absolute Gasteiger partial charge is 0.668 e. The van der Waals surface area contributed by atoms with Gasteiger partial charge in [-0.2, -0.15) is 0 Å². The average molecular weight is 546 g/mol. The van der Waals surface area contributed by atoms with Crippen molar-refractivity contribution >= 4 is 21.1 Å². The Hall–Kier alpha value is 0.363. The van der Waals surface area contributed by atoms with Gasteiger partial charge in [0, 0.05) is 18.6 Å². The van der Waals surface area contributed by atoms with Gasteiger partial charge in [-0.25, -0.2) is 0 Å². The minimum absolute atomic E-state index is 0.141. The molecule has 2 rings (SSSR count). The SMILES string of the molecule is C=CCN1CCN(C(C)(C)C)[C]1=[Cu].CCN1CCN(C(C)(C)C)C1.C[Si](C)(C)[N-][Si](C)(C)C. The van der Waals surface area contributed by atoms with E-state index in [1.807, 2.05) is 6.08 Å². The Morgan fingerprint density at radius 1 is 0.879 bits per heavy atom. The van der Waals surface area contributed by atoms with Crippen molar-refractivity contribution in [2.24, 2.45) is 0 Å². The van der Waals surface area contributed by atoms with Crippen LogP contribution in [0.3, 0.4) is 0 Å². The fourth-order valence-corrected chi connectivity index (χ4v) is 12.6. The summed E-state index contributed by atoms with van der Waals surface area (Å²) in [6.07, 6.45) is 1.90. The Balaban J connectivity index is 0.000000475. The number of nitrogens with zero attached hydrogens (tertiary/aromatic N) is 5. The summed E-state index contributed by atoms with van der Waals surface area (Å²) in [6.45, 7) is 40.9. The average Bonchev–Trinajstić information content (AvgIpc) is 3.20. The summed E-state index contributed by atoms with van der Waals surface area (Å²) >= 11 is 5.54. The molecule has 0 bridgehead atoms. The molecule has 2 aliphatic rings. The first-order chi connectivity index (χ1) is 14.7. The fraction of sp³-hybridized carbons (Fsp3) is 0.880. The first-order valence-corrected chi connectivity index (χ1v) is 19.9. The van der Waals surface area contributed by atoms with Crippen molar-refractivity contribution in [3.63, 3.8) is 0 Å². The van der Waals surface area contributed by atoms with Gasteiger partial charge >= 0.3 is 88.6 Å². The van der Waals surface area contributed by atoms with Crippen molar-refractivity contribution in [2.75, 3.05) is 45.9 Å². The van der Waals surface area contributed by atoms with E-state index < -0.39 is 16.5 Å². The number of hydrogen-bond acceptors (Lipinski definition) is 4. The Bertz CT molecular complexity index is 588. The van der Waals surface area contributed by atoms with Crippen LogP contribution in [0.5, 0.6) is 0 Å². The zero-order valence-corrected chi connectivity index (χ0v) is 27.2. The topological polar surface area (TPSA) is 27.1 Å². The van der Waals surface area contributed by atoms with Crippen molar-refractivity contribution < 1.29 is 15.6 Å². The Morgan fingerprint density at radius 2 is 1.39 bits per heavy atom. The van der Waals surface area contributed by atoms with Crippen LogP contribution in [0.15, 0.2) is 12.7 Å². The van der Waals surface area contributed by atoms with Crippen molar-refractivity contribution in [3.8, 4) is 0 Å². The first kappa shape index (κ1) is 33.4. The van der Waals surface area contributed by atoms with Crippen LogP contribution in [0.1, 0.15) is 48.5 Å². The van der Waals surface area contributed by atoms with E-state index in [4.69, 9.17) is 20.2 Å². The van der Waals surface area contributed by atoms with E-state index in [1.54, 1.807) is 0 Å². The molecule has 2 fully saturated rings. The van der Waals surface area contributed by atoms with Crippen LogP contribution in [-0.4, -0.2) is 97.8 Å². The van der Waals surface area contributed by atoms with Crippen molar-refractivity contribution in [2.45, 2.75) is 98.8 Å². The van der Waals surface area contributed by atoms with E-state index in [0.717, 1.165) is 31.0 Å². The summed E-state index contributed by atoms with van der Waals surface area (Å²) in [5.74, 6) is 0. The van der Waals surface area contributed by atoms with Gasteiger partial charge in [0.15, 0.2) is 0 Å². The maximum atomic E-state index is 5.54. The zero-order valence-electron chi connectivity index (χ0n) is 24.3. The predicted octanol–water partition coefficient (Wildman–Crippen LogP) is 5.63. The first-order valence-electron chi connectivity index (χ1n) is 12.5. The van der Waals surface area contributed by atoms with Crippen LogP contribution in [0.4, 0.5) is 0 Å². The van der Waals surface area contributed by atoms with E-state index in [9.17, 15) is 0 Å². The molecule has 0 atom stereocenters. The van der Waals surface area contributed by atoms with Crippen LogP contribution in [0.2, 0.25) is 39.3 Å². The second-order valence-electron chi connectivity index (χ2n) is 13.0. The molecular weight excluding hydrogens is 490 g/mol. The third-order valence-electron chi connectivity index (χ3n) is 5.32. The summed E-state index contributed by atoms with van der Waals surface area (Å²) in [6, 6.07) is 0. The molecule has 2 aliphatic heterocycles. The molecule has 2 heterocycles. The quantitative estimate of drug-likeness (QED) is 0.330. The van der Waals surface area contributed by atoms with Gasteiger partial charge in [0.25, 0.3) is 0 Å². The van der Waals surface area contributed by atoms with Gasteiger partial charge in [-0.1, -0.05) is 62.7 Å². The third kappa shape index (κ3) is 14.5. The van der Waals surface area contributed by atoms with Gasteiger partial charge in [-0.05, 0) is 27.3 Å². The molecule has 5 nitrogen and oxygen atoms in total. The molecule has 0 N–H and O–H groups in total. The molecule has 0 amide bonds. The Morgan fingerprint density at radius 3 is 1.64 bits per heavy atom. The smallest absolute Gasteiger partial charge is 0.0511 e. The standard InChI is InChI=1S/C10H18N2.C9H20N2.C6H18NSi2.Cu/c1-5-6-11-7-8-12(9-11)10(2,3)4;1-5-10-6-7-11(8-10)9(2,3)4;1-8(2,3)7-9(4,5)6;/h5H,1,6-8H2,2-4H3;5-8H2,1-4H3;1-6H3;/q;;-1;. The Kier molecular flexibility index (Phi) is 13.8. The minimum Gasteiger partial charge on any atom is -0.668 e. The molecule has 0 saturated carbocycles. The van der Waals surface area contributed by atoms with Crippen LogP contribution >= 0.6 is 0 Å². The van der Waals surface area contributed by atoms with E-state index >= 15 is 0 Å². The molecule has 0 unspecified atom stereocenters. The van der Waals surface area contributed by atoms with Crippen LogP contribution in [-0.2, 0) is 15.6 Å². The van der Waals surface area contributed by atoms with E-state index in [2.05, 4.69) is 114 Å². The van der Waals surface area contributed by atoms with E-state index in [-0.39, 0.29) is 5.54 Å². The molecule has 0 aliphatic carbocycles. The molecule has 2 saturated heterocycles. The number of rotatable bonds is 5. The van der Waals surface area contributed by atoms with Crippen molar-refractivity contribution in [1.29, 1.82) is 0 Å². The Labute approximate surface area is 217 Å².